The molecule has 7 amide bonds. The lowest BCUT2D eigenvalue weighted by Crippen LogP contribution is -2.60. The average molecular weight is 850 g/mol. The van der Waals surface area contributed by atoms with Gasteiger partial charge in [-0.05, 0) is 49.1 Å². The van der Waals surface area contributed by atoms with Crippen molar-refractivity contribution in [3.05, 3.63) is 71.8 Å². The number of aliphatic imine (C=N–C) groups is 1. The molecule has 61 heavy (non-hydrogen) atoms. The van der Waals surface area contributed by atoms with Crippen LogP contribution in [0.2, 0.25) is 0 Å². The predicted octanol–water partition coefficient (Wildman–Crippen LogP) is -2.09. The average Bonchev–Trinajstić information content (AvgIpc) is 3.71. The van der Waals surface area contributed by atoms with Gasteiger partial charge in [0.05, 0.1) is 13.0 Å². The highest BCUT2D eigenvalue weighted by Crippen LogP contribution is 2.20. The van der Waals surface area contributed by atoms with Crippen LogP contribution in [-0.4, -0.2) is 119 Å². The molecule has 1 heterocycles. The van der Waals surface area contributed by atoms with Gasteiger partial charge in [0.1, 0.15) is 36.3 Å². The van der Waals surface area contributed by atoms with E-state index in [2.05, 4.69) is 31.6 Å². The van der Waals surface area contributed by atoms with Crippen molar-refractivity contribution >= 4 is 53.3 Å². The van der Waals surface area contributed by atoms with Crippen LogP contribution < -0.4 is 49.5 Å². The molecule has 0 spiro atoms. The number of rotatable bonds is 24. The van der Waals surface area contributed by atoms with Gasteiger partial charge in [0.15, 0.2) is 5.96 Å². The van der Waals surface area contributed by atoms with Crippen LogP contribution in [-0.2, 0) is 51.2 Å². The minimum absolute atomic E-state index is 0.0188. The van der Waals surface area contributed by atoms with Gasteiger partial charge in [0.2, 0.25) is 41.4 Å². The van der Waals surface area contributed by atoms with Crippen LogP contribution in [0.15, 0.2) is 65.7 Å². The topological polar surface area (TPSA) is 337 Å². The number of hydrogen-bond acceptors (Lipinski definition) is 10. The Hall–Kier alpha value is -6.57. The van der Waals surface area contributed by atoms with Gasteiger partial charge >= 0.3 is 5.97 Å². The Kier molecular flexibility index (Phi) is 19.6. The summed E-state index contributed by atoms with van der Waals surface area (Å²) < 4.78 is 0. The molecule has 3 rings (SSSR count). The van der Waals surface area contributed by atoms with Gasteiger partial charge in [-0.25, -0.2) is 0 Å². The van der Waals surface area contributed by atoms with E-state index in [4.69, 9.17) is 22.9 Å². The summed E-state index contributed by atoms with van der Waals surface area (Å²) in [6.07, 6.45) is 0.315. The Balaban J connectivity index is 1.87. The lowest BCUT2D eigenvalue weighted by atomic mass is 10.00. The number of nitrogens with zero attached hydrogens (tertiary/aromatic N) is 2. The van der Waals surface area contributed by atoms with Crippen LogP contribution >= 0.6 is 0 Å². The highest BCUT2D eigenvalue weighted by Gasteiger charge is 2.40. The van der Waals surface area contributed by atoms with E-state index in [9.17, 15) is 43.5 Å². The van der Waals surface area contributed by atoms with Crippen molar-refractivity contribution in [2.75, 3.05) is 19.6 Å². The van der Waals surface area contributed by atoms with E-state index in [0.29, 0.717) is 12.0 Å². The van der Waals surface area contributed by atoms with E-state index >= 15 is 0 Å². The number of hydrogen-bond donors (Lipinski definition) is 10. The van der Waals surface area contributed by atoms with Crippen molar-refractivity contribution in [1.82, 2.24) is 31.5 Å². The Morgan fingerprint density at radius 2 is 1.28 bits per heavy atom. The lowest BCUT2D eigenvalue weighted by Gasteiger charge is -2.30. The molecule has 332 valence electrons. The Morgan fingerprint density at radius 1 is 0.738 bits per heavy atom. The summed E-state index contributed by atoms with van der Waals surface area (Å²) >= 11 is 0. The highest BCUT2D eigenvalue weighted by molar-refractivity contribution is 5.98. The molecule has 6 atom stereocenters. The first-order chi connectivity index (χ1) is 29.0. The second kappa shape index (κ2) is 24.5. The van der Waals surface area contributed by atoms with Crippen LogP contribution in [0.5, 0.6) is 0 Å². The number of carbonyl (C=O) groups is 8. The van der Waals surface area contributed by atoms with E-state index in [1.807, 2.05) is 13.8 Å². The fraction of sp³-hybridized carbons (Fsp3) is 0.488. The van der Waals surface area contributed by atoms with Gasteiger partial charge in [-0.15, -0.1) is 0 Å². The quantitative estimate of drug-likeness (QED) is 0.0309. The first kappa shape index (κ1) is 48.8. The third-order valence-corrected chi connectivity index (χ3v) is 9.81. The second-order valence-corrected chi connectivity index (χ2v) is 15.2. The summed E-state index contributed by atoms with van der Waals surface area (Å²) in [6.45, 7) is 3.39. The molecule has 20 nitrogen and oxygen atoms in total. The zero-order valence-electron chi connectivity index (χ0n) is 34.5. The number of carbonyl (C=O) groups excluding carboxylic acids is 7. The number of nitrogens with one attached hydrogen (secondary N) is 5. The Bertz CT molecular complexity index is 1860. The maximum Gasteiger partial charge on any atom is 0.305 e. The van der Waals surface area contributed by atoms with E-state index in [1.54, 1.807) is 60.7 Å². The first-order valence-electron chi connectivity index (χ1n) is 20.1. The number of amides is 7. The van der Waals surface area contributed by atoms with Crippen LogP contribution in [0.3, 0.4) is 0 Å². The summed E-state index contributed by atoms with van der Waals surface area (Å²) in [5.41, 5.74) is 23.4. The fourth-order valence-corrected chi connectivity index (χ4v) is 6.82. The summed E-state index contributed by atoms with van der Waals surface area (Å²) in [5.74, 6) is -6.86. The molecule has 0 saturated carbocycles. The molecule has 0 radical (unpaired) electrons. The van der Waals surface area contributed by atoms with Crippen molar-refractivity contribution < 1.29 is 43.5 Å². The number of nitrogens with two attached hydrogens (primary N) is 4. The van der Waals surface area contributed by atoms with Gasteiger partial charge in [-0.1, -0.05) is 74.5 Å². The molecule has 20 heteroatoms. The lowest BCUT2D eigenvalue weighted by molar-refractivity contribution is -0.146. The van der Waals surface area contributed by atoms with Gasteiger partial charge in [-0.3, -0.25) is 43.3 Å². The standard InChI is InChI=1S/C41H59N11O9/c1-24(2)19-29(37(58)48-27(15-9-17-46-41(44)45)36(57)49-28(35(43)56)20-25-11-5-3-6-12-25)50-38(59)30(21-26-13-7-4-8-14-26)51-39(60)32-16-10-18-52(32)40(61)31(22-34(54)55)47-33(53)23-42/h3-8,11-14,24,27-32H,9-10,15-23,42H2,1-2H3,(H2,43,56)(H,47,53)(H,48,58)(H,49,57)(H,50,59)(H,51,60)(H,54,55)(H4,44,45,46)/t27-,28-,29-,30-,31-,32-/m0/s1. The molecule has 1 saturated heterocycles. The van der Waals surface area contributed by atoms with Gasteiger partial charge in [0.25, 0.3) is 0 Å². The number of guanidine groups is 1. The summed E-state index contributed by atoms with van der Waals surface area (Å²) in [6, 6.07) is 10.3. The summed E-state index contributed by atoms with van der Waals surface area (Å²) in [4.78, 5) is 111. The summed E-state index contributed by atoms with van der Waals surface area (Å²) in [5, 5.41) is 22.6. The molecule has 1 aliphatic heterocycles. The van der Waals surface area contributed by atoms with E-state index < -0.39 is 96.5 Å². The van der Waals surface area contributed by atoms with Crippen LogP contribution in [0.4, 0.5) is 0 Å². The molecule has 0 aromatic heterocycles. The first-order valence-corrected chi connectivity index (χ1v) is 20.1. The number of carboxylic acids is 1. The molecule has 2 aromatic carbocycles. The van der Waals surface area contributed by atoms with Crippen molar-refractivity contribution in [2.24, 2.45) is 33.8 Å². The third kappa shape index (κ3) is 16.5. The monoisotopic (exact) mass is 849 g/mol. The predicted molar refractivity (Wildman–Crippen MR) is 225 cm³/mol. The molecule has 2 aromatic rings. The number of likely N-dealkylation sites (tertiary alicyclic amines) is 1. The normalized spacial score (nSPS) is 15.9. The van der Waals surface area contributed by atoms with Crippen molar-refractivity contribution in [1.29, 1.82) is 0 Å². The largest absolute Gasteiger partial charge is 0.481 e. The molecule has 14 N–H and O–H groups in total. The van der Waals surface area contributed by atoms with E-state index in [0.717, 1.165) is 5.56 Å². The van der Waals surface area contributed by atoms with Gasteiger partial charge in [0, 0.05) is 25.9 Å². The Morgan fingerprint density at radius 3 is 1.82 bits per heavy atom. The smallest absolute Gasteiger partial charge is 0.305 e. The highest BCUT2D eigenvalue weighted by atomic mass is 16.4. The molecule has 1 aliphatic rings. The van der Waals surface area contributed by atoms with E-state index in [-0.39, 0.29) is 63.5 Å². The second-order valence-electron chi connectivity index (χ2n) is 15.2. The molecule has 0 bridgehead atoms. The molecule has 1 fully saturated rings. The maximum absolute atomic E-state index is 14.2. The molecule has 0 aliphatic carbocycles. The maximum atomic E-state index is 14.2. The summed E-state index contributed by atoms with van der Waals surface area (Å²) in [7, 11) is 0. The fourth-order valence-electron chi connectivity index (χ4n) is 6.82. The van der Waals surface area contributed by atoms with E-state index in [1.165, 1.54) is 4.90 Å². The van der Waals surface area contributed by atoms with Crippen LogP contribution in [0.1, 0.15) is 63.5 Å². The van der Waals surface area contributed by atoms with Crippen molar-refractivity contribution in [3.63, 3.8) is 0 Å². The zero-order valence-corrected chi connectivity index (χ0v) is 34.5. The number of aliphatic carboxylic acids is 1. The SMILES string of the molecule is CC(C)C[C@H](NC(=O)[C@H](Cc1ccccc1)NC(=O)[C@@H]1CCCN1C(=O)[C@H](CC(=O)O)NC(=O)CN)C(=O)N[C@@H](CCCN=C(N)N)C(=O)N[C@@H](Cc1ccccc1)C(N)=O. The number of primary amides is 1. The van der Waals surface area contributed by atoms with Crippen molar-refractivity contribution in [3.8, 4) is 0 Å². The number of carboxylic acid groups (broad SMARTS) is 1. The molecular weight excluding hydrogens is 791 g/mol. The molecular formula is C41H59N11O9. The van der Waals surface area contributed by atoms with Gasteiger partial charge < -0.3 is 59.5 Å². The van der Waals surface area contributed by atoms with Crippen LogP contribution in [0.25, 0.3) is 0 Å². The third-order valence-electron chi connectivity index (χ3n) is 9.81. The van der Waals surface area contributed by atoms with Crippen LogP contribution in [0, 0.1) is 5.92 Å². The van der Waals surface area contributed by atoms with Crippen molar-refractivity contribution in [2.45, 2.75) is 101 Å². The number of benzene rings is 2. The Labute approximate surface area is 354 Å². The minimum Gasteiger partial charge on any atom is -0.481 e. The minimum atomic E-state index is -1.48. The zero-order chi connectivity index (χ0) is 45.1. The molecule has 0 unspecified atom stereocenters. The van der Waals surface area contributed by atoms with Gasteiger partial charge in [-0.2, -0.15) is 0 Å².